The molecule has 1 heterocycles. The van der Waals surface area contributed by atoms with Crippen LogP contribution >= 0.6 is 28.3 Å². The largest absolute Gasteiger partial charge is 0.396 e. The second-order valence-electron chi connectivity index (χ2n) is 4.60. The topological polar surface area (TPSA) is 35.5 Å². The molecule has 0 radical (unpaired) electrons. The highest BCUT2D eigenvalue weighted by Crippen LogP contribution is 2.31. The van der Waals surface area contributed by atoms with Crippen molar-refractivity contribution in [3.05, 3.63) is 33.8 Å². The van der Waals surface area contributed by atoms with Gasteiger partial charge in [0, 0.05) is 48.9 Å². The molecule has 0 aromatic heterocycles. The third-order valence-corrected chi connectivity index (χ3v) is 3.83. The third-order valence-electron chi connectivity index (χ3n) is 3.37. The lowest BCUT2D eigenvalue weighted by molar-refractivity contribution is 0.135. The lowest BCUT2D eigenvalue weighted by Gasteiger charge is -2.35. The number of piperazine rings is 1. The molecule has 0 saturated carbocycles. The Kier molecular flexibility index (Phi) is 7.33. The number of hydrogen-bond acceptors (Lipinski definition) is 3. The molecule has 0 aliphatic carbocycles. The molecule has 1 fully saturated rings. The summed E-state index contributed by atoms with van der Waals surface area (Å²) >= 11 is 3.08. The van der Waals surface area contributed by atoms with E-state index in [4.69, 9.17) is 5.11 Å². The zero-order valence-electron chi connectivity index (χ0n) is 10.9. The molecule has 1 saturated heterocycles. The minimum absolute atomic E-state index is 0. The van der Waals surface area contributed by atoms with Gasteiger partial charge in [0.1, 0.15) is 11.6 Å². The zero-order chi connectivity index (χ0) is 13.8. The second kappa shape index (κ2) is 8.24. The van der Waals surface area contributed by atoms with E-state index in [9.17, 15) is 8.78 Å². The minimum Gasteiger partial charge on any atom is -0.396 e. The molecule has 1 atom stereocenters. The highest BCUT2D eigenvalue weighted by atomic mass is 79.9. The molecule has 2 N–H and O–H groups in total. The molecule has 7 heteroatoms. The number of aliphatic hydroxyl groups excluding tert-OH is 1. The van der Waals surface area contributed by atoms with Gasteiger partial charge in [0.05, 0.1) is 0 Å². The van der Waals surface area contributed by atoms with Crippen LogP contribution in [0.1, 0.15) is 18.0 Å². The summed E-state index contributed by atoms with van der Waals surface area (Å²) in [6, 6.07) is 2.12. The van der Waals surface area contributed by atoms with Crippen molar-refractivity contribution >= 4 is 28.3 Å². The summed E-state index contributed by atoms with van der Waals surface area (Å²) in [5, 5.41) is 12.4. The Hall–Kier alpha value is -0.270. The normalized spacial score (nSPS) is 17.6. The summed E-state index contributed by atoms with van der Waals surface area (Å²) in [6.07, 6.45) is 0.329. The molecular formula is C13H18BrClF2N2O. The Morgan fingerprint density at radius 2 is 1.80 bits per heavy atom. The van der Waals surface area contributed by atoms with Gasteiger partial charge in [-0.2, -0.15) is 0 Å². The second-order valence-corrected chi connectivity index (χ2v) is 5.51. The van der Waals surface area contributed by atoms with Crippen molar-refractivity contribution in [3.63, 3.8) is 0 Å². The van der Waals surface area contributed by atoms with Crippen LogP contribution in [0.5, 0.6) is 0 Å². The van der Waals surface area contributed by atoms with Crippen LogP contribution in [-0.2, 0) is 0 Å². The molecule has 0 amide bonds. The predicted molar refractivity (Wildman–Crippen MR) is 80.2 cm³/mol. The van der Waals surface area contributed by atoms with Gasteiger partial charge in [-0.1, -0.05) is 15.9 Å². The van der Waals surface area contributed by atoms with Crippen LogP contribution in [0.4, 0.5) is 8.78 Å². The maximum Gasteiger partial charge on any atom is 0.132 e. The van der Waals surface area contributed by atoms with Gasteiger partial charge < -0.3 is 10.4 Å². The number of hydrogen-bond donors (Lipinski definition) is 2. The molecule has 1 aromatic carbocycles. The van der Waals surface area contributed by atoms with E-state index >= 15 is 0 Å². The van der Waals surface area contributed by atoms with Crippen LogP contribution in [-0.4, -0.2) is 42.8 Å². The van der Waals surface area contributed by atoms with Crippen molar-refractivity contribution in [3.8, 4) is 0 Å². The third kappa shape index (κ3) is 4.11. The fourth-order valence-corrected chi connectivity index (χ4v) is 2.90. The van der Waals surface area contributed by atoms with Crippen LogP contribution in [0.15, 0.2) is 16.6 Å². The molecule has 1 aromatic rings. The fraction of sp³-hybridized carbons (Fsp3) is 0.538. The van der Waals surface area contributed by atoms with Crippen LogP contribution in [0.25, 0.3) is 0 Å². The fourth-order valence-electron chi connectivity index (χ4n) is 2.50. The zero-order valence-corrected chi connectivity index (χ0v) is 13.3. The first-order valence-corrected chi connectivity index (χ1v) is 7.13. The number of benzene rings is 1. The van der Waals surface area contributed by atoms with Crippen molar-refractivity contribution in [2.75, 3.05) is 32.8 Å². The Morgan fingerprint density at radius 3 is 2.30 bits per heavy atom. The number of halogens is 4. The van der Waals surface area contributed by atoms with E-state index in [2.05, 4.69) is 21.2 Å². The average Bonchev–Trinajstić information content (AvgIpc) is 2.37. The smallest absolute Gasteiger partial charge is 0.132 e. The van der Waals surface area contributed by atoms with Gasteiger partial charge in [-0.05, 0) is 18.6 Å². The standard InChI is InChI=1S/C13H17BrF2N2O.ClH/c14-9-7-10(15)13(11(16)8-9)12(1-6-19)18-4-2-17-3-5-18;/h7-8,12,17,19H,1-6H2;1H/t12-;/m1./s1. The van der Waals surface area contributed by atoms with Crippen LogP contribution in [0.2, 0.25) is 0 Å². The maximum absolute atomic E-state index is 14.0. The van der Waals surface area contributed by atoms with E-state index in [1.165, 1.54) is 12.1 Å². The lowest BCUT2D eigenvalue weighted by atomic mass is 10.00. The molecule has 1 aliphatic rings. The summed E-state index contributed by atoms with van der Waals surface area (Å²) in [7, 11) is 0. The SMILES string of the molecule is Cl.OCC[C@H](c1c(F)cc(Br)cc1F)N1CCNCC1. The van der Waals surface area contributed by atoms with Crippen molar-refractivity contribution in [1.82, 2.24) is 10.2 Å². The van der Waals surface area contributed by atoms with Gasteiger partial charge >= 0.3 is 0 Å². The Bertz CT molecular complexity index is 421. The van der Waals surface area contributed by atoms with Crippen LogP contribution in [0, 0.1) is 11.6 Å². The molecule has 2 rings (SSSR count). The molecule has 0 spiro atoms. The molecule has 20 heavy (non-hydrogen) atoms. The van der Waals surface area contributed by atoms with Gasteiger partial charge in [0.15, 0.2) is 0 Å². The first kappa shape index (κ1) is 17.8. The first-order valence-electron chi connectivity index (χ1n) is 6.33. The molecule has 1 aliphatic heterocycles. The van der Waals surface area contributed by atoms with Gasteiger partial charge in [-0.25, -0.2) is 8.78 Å². The van der Waals surface area contributed by atoms with E-state index < -0.39 is 17.7 Å². The maximum atomic E-state index is 14.0. The van der Waals surface area contributed by atoms with Crippen molar-refractivity contribution in [2.24, 2.45) is 0 Å². The number of aliphatic hydroxyl groups is 1. The average molecular weight is 372 g/mol. The number of nitrogens with zero attached hydrogens (tertiary/aromatic N) is 1. The molecule has 114 valence electrons. The Labute approximate surface area is 131 Å². The molecule has 0 unspecified atom stereocenters. The lowest BCUT2D eigenvalue weighted by Crippen LogP contribution is -2.45. The van der Waals surface area contributed by atoms with E-state index in [-0.39, 0.29) is 24.6 Å². The van der Waals surface area contributed by atoms with Gasteiger partial charge in [0.2, 0.25) is 0 Å². The highest BCUT2D eigenvalue weighted by Gasteiger charge is 2.27. The highest BCUT2D eigenvalue weighted by molar-refractivity contribution is 9.10. The molecular weight excluding hydrogens is 354 g/mol. The molecule has 3 nitrogen and oxygen atoms in total. The van der Waals surface area contributed by atoms with Crippen molar-refractivity contribution in [2.45, 2.75) is 12.5 Å². The summed E-state index contributed by atoms with van der Waals surface area (Å²) in [5.74, 6) is -1.13. The van der Waals surface area contributed by atoms with E-state index in [1.807, 2.05) is 4.90 Å². The van der Waals surface area contributed by atoms with Gasteiger partial charge in [-0.3, -0.25) is 4.90 Å². The Balaban J connectivity index is 0.00000200. The summed E-state index contributed by atoms with van der Waals surface area (Å²) in [4.78, 5) is 2.02. The number of rotatable bonds is 4. The van der Waals surface area contributed by atoms with E-state index in [1.54, 1.807) is 0 Å². The first-order chi connectivity index (χ1) is 9.13. The number of nitrogens with one attached hydrogen (secondary N) is 1. The minimum atomic E-state index is -0.566. The van der Waals surface area contributed by atoms with Crippen molar-refractivity contribution < 1.29 is 13.9 Å². The quantitative estimate of drug-likeness (QED) is 0.853. The van der Waals surface area contributed by atoms with Crippen molar-refractivity contribution in [1.29, 1.82) is 0 Å². The van der Waals surface area contributed by atoms with E-state index in [0.717, 1.165) is 26.2 Å². The summed E-state index contributed by atoms with van der Waals surface area (Å²) in [6.45, 7) is 2.94. The van der Waals surface area contributed by atoms with Gasteiger partial charge in [-0.15, -0.1) is 12.4 Å². The summed E-state index contributed by atoms with van der Waals surface area (Å²) in [5.41, 5.74) is 0.0548. The monoisotopic (exact) mass is 370 g/mol. The van der Waals surface area contributed by atoms with E-state index in [0.29, 0.717) is 10.9 Å². The van der Waals surface area contributed by atoms with Crippen LogP contribution < -0.4 is 5.32 Å². The Morgan fingerprint density at radius 1 is 1.25 bits per heavy atom. The summed E-state index contributed by atoms with van der Waals surface area (Å²) < 4.78 is 28.5. The van der Waals surface area contributed by atoms with Gasteiger partial charge in [0.25, 0.3) is 0 Å². The predicted octanol–water partition coefficient (Wildman–Crippen LogP) is 2.48. The van der Waals surface area contributed by atoms with Crippen LogP contribution in [0.3, 0.4) is 0 Å². The molecule has 0 bridgehead atoms.